The molecule has 1 aliphatic rings. The summed E-state index contributed by atoms with van der Waals surface area (Å²) in [4.78, 5) is 12.4. The molecule has 0 saturated carbocycles. The maximum absolute atomic E-state index is 12.4. The van der Waals surface area contributed by atoms with Gasteiger partial charge in [0.2, 0.25) is 0 Å². The topological polar surface area (TPSA) is 30.2 Å². The highest BCUT2D eigenvalue weighted by molar-refractivity contribution is 6.00. The number of rotatable bonds is 6. The van der Waals surface area contributed by atoms with Crippen LogP contribution in [0.1, 0.15) is 58.1 Å². The normalized spacial score (nSPS) is 21.1. The largest absolute Gasteiger partial charge is 0.469 e. The third-order valence-corrected chi connectivity index (χ3v) is 4.27. The Balaban J connectivity index is 1.88. The van der Waals surface area contributed by atoms with Gasteiger partial charge in [-0.1, -0.05) is 24.6 Å². The zero-order valence-electron chi connectivity index (χ0n) is 12.7. The summed E-state index contributed by atoms with van der Waals surface area (Å²) in [6, 6.07) is 3.94. The van der Waals surface area contributed by atoms with E-state index in [9.17, 15) is 4.79 Å². The van der Waals surface area contributed by atoms with Gasteiger partial charge in [0.25, 0.3) is 0 Å². The molecular formula is C18H24O2. The number of hydrogen-bond donors (Lipinski definition) is 0. The highest BCUT2D eigenvalue weighted by atomic mass is 16.3. The first kappa shape index (κ1) is 14.8. The Kier molecular flexibility index (Phi) is 4.99. The van der Waals surface area contributed by atoms with E-state index in [1.54, 1.807) is 6.26 Å². The summed E-state index contributed by atoms with van der Waals surface area (Å²) >= 11 is 0. The van der Waals surface area contributed by atoms with Crippen molar-refractivity contribution in [3.63, 3.8) is 0 Å². The molecule has 2 unspecified atom stereocenters. The van der Waals surface area contributed by atoms with Crippen LogP contribution in [0, 0.1) is 5.92 Å². The molecule has 1 aromatic rings. The van der Waals surface area contributed by atoms with Crippen molar-refractivity contribution in [2.45, 2.75) is 52.4 Å². The molecule has 0 bridgehead atoms. The molecule has 2 rings (SSSR count). The lowest BCUT2D eigenvalue weighted by atomic mass is 9.92. The quantitative estimate of drug-likeness (QED) is 0.679. The van der Waals surface area contributed by atoms with Crippen molar-refractivity contribution >= 4 is 5.78 Å². The van der Waals surface area contributed by atoms with E-state index in [1.165, 1.54) is 5.57 Å². The molecule has 108 valence electrons. The van der Waals surface area contributed by atoms with Crippen molar-refractivity contribution in [2.24, 2.45) is 5.92 Å². The van der Waals surface area contributed by atoms with Crippen molar-refractivity contribution in [1.29, 1.82) is 0 Å². The summed E-state index contributed by atoms with van der Waals surface area (Å²) in [6.07, 6.45) is 9.51. The summed E-state index contributed by atoms with van der Waals surface area (Å²) < 4.78 is 5.43. The standard InChI is InChI=1S/C18H24O2/c1-4-5-7-16-14(3)12-15(18(16)19)10-9-13(2)17-8-6-11-20-17/h4-6,8,11,13,15H,7,9-10,12H2,1-3H3. The molecule has 1 heterocycles. The SMILES string of the molecule is CC=CCC1=C(C)CC(CCC(C)c2ccco2)C1=O. The molecule has 0 radical (unpaired) electrons. The zero-order chi connectivity index (χ0) is 14.5. The Morgan fingerprint density at radius 2 is 2.30 bits per heavy atom. The summed E-state index contributed by atoms with van der Waals surface area (Å²) in [5.74, 6) is 1.96. The van der Waals surface area contributed by atoms with Gasteiger partial charge < -0.3 is 4.42 Å². The molecule has 2 nitrogen and oxygen atoms in total. The predicted molar refractivity (Wildman–Crippen MR) is 81.6 cm³/mol. The number of carbonyl (C=O) groups is 1. The molecule has 2 atom stereocenters. The van der Waals surface area contributed by atoms with Crippen molar-refractivity contribution < 1.29 is 9.21 Å². The fraction of sp³-hybridized carbons (Fsp3) is 0.500. The number of Topliss-reactive ketones (excluding diaryl/α,β-unsaturated/α-hetero) is 1. The highest BCUT2D eigenvalue weighted by Gasteiger charge is 2.30. The monoisotopic (exact) mass is 272 g/mol. The third-order valence-electron chi connectivity index (χ3n) is 4.27. The van der Waals surface area contributed by atoms with Gasteiger partial charge in [-0.25, -0.2) is 0 Å². The number of allylic oxidation sites excluding steroid dienone is 4. The second-order valence-corrected chi connectivity index (χ2v) is 5.79. The Morgan fingerprint density at radius 1 is 1.50 bits per heavy atom. The maximum atomic E-state index is 12.4. The summed E-state index contributed by atoms with van der Waals surface area (Å²) in [6.45, 7) is 6.27. The van der Waals surface area contributed by atoms with Gasteiger partial charge in [0, 0.05) is 11.8 Å². The molecule has 1 aliphatic carbocycles. The van der Waals surface area contributed by atoms with Gasteiger partial charge in [-0.2, -0.15) is 0 Å². The first-order chi connectivity index (χ1) is 9.63. The van der Waals surface area contributed by atoms with Crippen LogP contribution in [-0.2, 0) is 4.79 Å². The van der Waals surface area contributed by atoms with Gasteiger partial charge in [0.15, 0.2) is 5.78 Å². The molecule has 0 spiro atoms. The molecule has 0 N–H and O–H groups in total. The average Bonchev–Trinajstić information content (AvgIpc) is 3.04. The summed E-state index contributed by atoms with van der Waals surface area (Å²) in [5, 5.41) is 0. The zero-order valence-corrected chi connectivity index (χ0v) is 12.7. The van der Waals surface area contributed by atoms with E-state index >= 15 is 0 Å². The first-order valence-corrected chi connectivity index (χ1v) is 7.50. The second-order valence-electron chi connectivity index (χ2n) is 5.79. The Bertz CT molecular complexity index is 506. The lowest BCUT2D eigenvalue weighted by Crippen LogP contribution is -2.11. The number of furan rings is 1. The lowest BCUT2D eigenvalue weighted by molar-refractivity contribution is -0.118. The van der Waals surface area contributed by atoms with Crippen LogP contribution in [-0.4, -0.2) is 5.78 Å². The highest BCUT2D eigenvalue weighted by Crippen LogP contribution is 2.35. The Labute approximate surface area is 121 Å². The van der Waals surface area contributed by atoms with Crippen LogP contribution in [0.25, 0.3) is 0 Å². The second kappa shape index (κ2) is 6.74. The fourth-order valence-corrected chi connectivity index (χ4v) is 2.95. The molecule has 0 aliphatic heterocycles. The van der Waals surface area contributed by atoms with Crippen LogP contribution < -0.4 is 0 Å². The Morgan fingerprint density at radius 3 is 2.95 bits per heavy atom. The molecule has 20 heavy (non-hydrogen) atoms. The van der Waals surface area contributed by atoms with E-state index in [0.29, 0.717) is 11.7 Å². The number of hydrogen-bond acceptors (Lipinski definition) is 2. The smallest absolute Gasteiger partial charge is 0.162 e. The summed E-state index contributed by atoms with van der Waals surface area (Å²) in [7, 11) is 0. The molecule has 1 aromatic heterocycles. The lowest BCUT2D eigenvalue weighted by Gasteiger charge is -2.12. The predicted octanol–water partition coefficient (Wildman–Crippen LogP) is 5.04. The van der Waals surface area contributed by atoms with Gasteiger partial charge in [0.1, 0.15) is 5.76 Å². The molecule has 0 saturated heterocycles. The Hall–Kier alpha value is -1.57. The van der Waals surface area contributed by atoms with E-state index in [2.05, 4.69) is 19.9 Å². The van der Waals surface area contributed by atoms with Crippen molar-refractivity contribution in [3.05, 3.63) is 47.5 Å². The number of carbonyl (C=O) groups excluding carboxylic acids is 1. The van der Waals surface area contributed by atoms with Gasteiger partial charge >= 0.3 is 0 Å². The van der Waals surface area contributed by atoms with Crippen LogP contribution in [0.3, 0.4) is 0 Å². The minimum Gasteiger partial charge on any atom is -0.469 e. The van der Waals surface area contributed by atoms with E-state index in [4.69, 9.17) is 4.42 Å². The van der Waals surface area contributed by atoms with Crippen LogP contribution in [0.2, 0.25) is 0 Å². The van der Waals surface area contributed by atoms with Crippen LogP contribution in [0.4, 0.5) is 0 Å². The number of ketones is 1. The third kappa shape index (κ3) is 3.30. The molecule has 0 fully saturated rings. The van der Waals surface area contributed by atoms with Crippen LogP contribution in [0.5, 0.6) is 0 Å². The molecular weight excluding hydrogens is 248 g/mol. The molecule has 0 aromatic carbocycles. The van der Waals surface area contributed by atoms with Crippen molar-refractivity contribution in [1.82, 2.24) is 0 Å². The molecule has 0 amide bonds. The maximum Gasteiger partial charge on any atom is 0.162 e. The van der Waals surface area contributed by atoms with E-state index in [1.807, 2.05) is 25.1 Å². The van der Waals surface area contributed by atoms with Gasteiger partial charge in [0.05, 0.1) is 6.26 Å². The van der Waals surface area contributed by atoms with Crippen molar-refractivity contribution in [2.75, 3.05) is 0 Å². The molecule has 2 heteroatoms. The minimum absolute atomic E-state index is 0.188. The van der Waals surface area contributed by atoms with Crippen molar-refractivity contribution in [3.8, 4) is 0 Å². The van der Waals surface area contributed by atoms with E-state index in [0.717, 1.165) is 37.0 Å². The average molecular weight is 272 g/mol. The van der Waals surface area contributed by atoms with Gasteiger partial charge in [-0.15, -0.1) is 0 Å². The fourth-order valence-electron chi connectivity index (χ4n) is 2.95. The minimum atomic E-state index is 0.188. The summed E-state index contributed by atoms with van der Waals surface area (Å²) in [5.41, 5.74) is 2.32. The van der Waals surface area contributed by atoms with Gasteiger partial charge in [-0.05, 0) is 57.2 Å². The van der Waals surface area contributed by atoms with E-state index < -0.39 is 0 Å². The van der Waals surface area contributed by atoms with Crippen LogP contribution >= 0.6 is 0 Å². The van der Waals surface area contributed by atoms with E-state index in [-0.39, 0.29) is 5.92 Å². The first-order valence-electron chi connectivity index (χ1n) is 7.50. The van der Waals surface area contributed by atoms with Gasteiger partial charge in [-0.3, -0.25) is 4.79 Å². The van der Waals surface area contributed by atoms with Crippen LogP contribution in [0.15, 0.2) is 46.1 Å².